The average Bonchev–Trinajstić information content (AvgIpc) is 2.76. The number of halogens is 2. The normalized spacial score (nSPS) is 10.0. The molecule has 3 N–H and O–H groups in total. The maximum Gasteiger partial charge on any atom is 0.337 e. The van der Waals surface area contributed by atoms with Crippen LogP contribution in [-0.4, -0.2) is 36.6 Å². The molecule has 164 valence electrons. The summed E-state index contributed by atoms with van der Waals surface area (Å²) in [5.41, 5.74) is 5.25. The summed E-state index contributed by atoms with van der Waals surface area (Å²) in [6.07, 6.45) is 0.571. The van der Waals surface area contributed by atoms with E-state index in [1.54, 1.807) is 24.3 Å². The van der Waals surface area contributed by atoms with Crippen molar-refractivity contribution in [1.82, 2.24) is 16.2 Å². The lowest BCUT2D eigenvalue weighted by Gasteiger charge is -2.11. The number of amides is 2. The topological polar surface area (TPSA) is 106 Å². The first kappa shape index (κ1) is 24.4. The van der Waals surface area contributed by atoms with E-state index in [-0.39, 0.29) is 35.2 Å². The van der Waals surface area contributed by atoms with Gasteiger partial charge < -0.3 is 9.47 Å². The van der Waals surface area contributed by atoms with Crippen LogP contribution in [0.25, 0.3) is 0 Å². The van der Waals surface area contributed by atoms with E-state index in [1.165, 1.54) is 25.3 Å². The summed E-state index contributed by atoms with van der Waals surface area (Å²) in [6.45, 7) is 0.270. The third kappa shape index (κ3) is 8.05. The van der Waals surface area contributed by atoms with Crippen molar-refractivity contribution in [3.05, 3.63) is 63.6 Å². The van der Waals surface area contributed by atoms with Crippen LogP contribution in [0.1, 0.15) is 33.6 Å². The third-order valence-electron chi connectivity index (χ3n) is 3.79. The molecule has 0 saturated heterocycles. The predicted octanol–water partition coefficient (Wildman–Crippen LogP) is 3.27. The highest BCUT2D eigenvalue weighted by atomic mass is 35.5. The number of hydrazine groups is 1. The second-order valence-corrected chi connectivity index (χ2v) is 7.31. The SMILES string of the molecule is COC(=O)c1cccc(C(=O)NC(=S)NNC(=O)CCCOc2ccc(Cl)cc2Cl)c1. The van der Waals surface area contributed by atoms with Crippen molar-refractivity contribution in [3.63, 3.8) is 0 Å². The number of methoxy groups -OCH3 is 1. The minimum Gasteiger partial charge on any atom is -0.492 e. The lowest BCUT2D eigenvalue weighted by Crippen LogP contribution is -2.48. The predicted molar refractivity (Wildman–Crippen MR) is 120 cm³/mol. The molecule has 0 radical (unpaired) electrons. The summed E-state index contributed by atoms with van der Waals surface area (Å²) in [6, 6.07) is 10.8. The highest BCUT2D eigenvalue weighted by Crippen LogP contribution is 2.27. The lowest BCUT2D eigenvalue weighted by atomic mass is 10.1. The number of hydrogen-bond acceptors (Lipinski definition) is 6. The molecule has 0 heterocycles. The molecule has 0 aliphatic carbocycles. The van der Waals surface area contributed by atoms with Gasteiger partial charge in [0.2, 0.25) is 5.91 Å². The molecule has 0 atom stereocenters. The maximum absolute atomic E-state index is 12.2. The van der Waals surface area contributed by atoms with Gasteiger partial charge in [0.05, 0.1) is 24.3 Å². The van der Waals surface area contributed by atoms with Crippen molar-refractivity contribution < 1.29 is 23.9 Å². The van der Waals surface area contributed by atoms with Crippen molar-refractivity contribution >= 4 is 58.3 Å². The van der Waals surface area contributed by atoms with E-state index >= 15 is 0 Å². The summed E-state index contributed by atoms with van der Waals surface area (Å²) >= 11 is 16.8. The Morgan fingerprint density at radius 3 is 2.48 bits per heavy atom. The van der Waals surface area contributed by atoms with Crippen molar-refractivity contribution in [2.75, 3.05) is 13.7 Å². The van der Waals surface area contributed by atoms with E-state index in [4.69, 9.17) is 40.2 Å². The summed E-state index contributed by atoms with van der Waals surface area (Å²) in [4.78, 5) is 35.6. The van der Waals surface area contributed by atoms with Crippen molar-refractivity contribution in [1.29, 1.82) is 0 Å². The molecule has 31 heavy (non-hydrogen) atoms. The second kappa shape index (κ2) is 12.1. The van der Waals surface area contributed by atoms with Crippen molar-refractivity contribution in [2.24, 2.45) is 0 Å². The Labute approximate surface area is 194 Å². The number of ether oxygens (including phenoxy) is 2. The molecular weight excluding hydrogens is 465 g/mol. The van der Waals surface area contributed by atoms with Gasteiger partial charge in [0.25, 0.3) is 5.91 Å². The van der Waals surface area contributed by atoms with E-state index in [2.05, 4.69) is 20.9 Å². The molecule has 2 aromatic carbocycles. The minimum atomic E-state index is -0.565. The number of benzene rings is 2. The number of nitrogens with one attached hydrogen (secondary N) is 3. The molecule has 0 spiro atoms. The molecule has 2 amide bonds. The van der Waals surface area contributed by atoms with Gasteiger partial charge in [0.1, 0.15) is 5.75 Å². The Hall–Kier alpha value is -2.88. The van der Waals surface area contributed by atoms with Crippen LogP contribution in [-0.2, 0) is 9.53 Å². The second-order valence-electron chi connectivity index (χ2n) is 6.06. The molecule has 8 nitrogen and oxygen atoms in total. The number of hydrogen-bond donors (Lipinski definition) is 3. The highest BCUT2D eigenvalue weighted by molar-refractivity contribution is 7.80. The molecule has 0 aromatic heterocycles. The Morgan fingerprint density at radius 1 is 1.03 bits per heavy atom. The van der Waals surface area contributed by atoms with Gasteiger partial charge in [0, 0.05) is 17.0 Å². The van der Waals surface area contributed by atoms with E-state index in [9.17, 15) is 14.4 Å². The fourth-order valence-corrected chi connectivity index (χ4v) is 2.91. The summed E-state index contributed by atoms with van der Waals surface area (Å²) in [5, 5.41) is 3.18. The molecule has 11 heteroatoms. The van der Waals surface area contributed by atoms with Gasteiger partial charge in [-0.3, -0.25) is 25.8 Å². The first-order valence-corrected chi connectivity index (χ1v) is 10.1. The number of rotatable bonds is 7. The molecule has 0 fully saturated rings. The fraction of sp³-hybridized carbons (Fsp3) is 0.200. The van der Waals surface area contributed by atoms with Gasteiger partial charge in [-0.25, -0.2) is 4.79 Å². The molecule has 0 unspecified atom stereocenters. The van der Waals surface area contributed by atoms with Crippen LogP contribution in [0.15, 0.2) is 42.5 Å². The van der Waals surface area contributed by atoms with Gasteiger partial charge >= 0.3 is 5.97 Å². The molecule has 2 aromatic rings. The summed E-state index contributed by atoms with van der Waals surface area (Å²) in [5.74, 6) is -0.990. The zero-order chi connectivity index (χ0) is 22.8. The lowest BCUT2D eigenvalue weighted by molar-refractivity contribution is -0.121. The number of carbonyl (C=O) groups is 3. The molecule has 0 aliphatic rings. The van der Waals surface area contributed by atoms with Gasteiger partial charge in [-0.1, -0.05) is 29.3 Å². The Morgan fingerprint density at radius 2 is 1.77 bits per heavy atom. The average molecular weight is 484 g/mol. The number of carbonyl (C=O) groups excluding carboxylic acids is 3. The maximum atomic E-state index is 12.2. The van der Waals surface area contributed by atoms with E-state index in [0.717, 1.165) is 0 Å². The van der Waals surface area contributed by atoms with Crippen LogP contribution in [0.5, 0.6) is 5.75 Å². The van der Waals surface area contributed by atoms with Crippen molar-refractivity contribution in [2.45, 2.75) is 12.8 Å². The fourth-order valence-electron chi connectivity index (χ4n) is 2.31. The first-order chi connectivity index (χ1) is 14.8. The molecule has 0 aliphatic heterocycles. The third-order valence-corrected chi connectivity index (χ3v) is 4.52. The first-order valence-electron chi connectivity index (χ1n) is 8.96. The molecule has 0 bridgehead atoms. The van der Waals surface area contributed by atoms with E-state index in [0.29, 0.717) is 22.2 Å². The Balaban J connectivity index is 1.70. The van der Waals surface area contributed by atoms with Gasteiger partial charge in [-0.2, -0.15) is 0 Å². The standard InChI is InChI=1S/C20H19Cl2N3O5S/c1-29-19(28)13-5-2-4-12(10-13)18(27)23-20(31)25-24-17(26)6-3-9-30-16-8-7-14(21)11-15(16)22/h2,4-5,7-8,10-11H,3,6,9H2,1H3,(H,24,26)(H2,23,25,27,31). The van der Waals surface area contributed by atoms with E-state index < -0.39 is 11.9 Å². The van der Waals surface area contributed by atoms with Crippen LogP contribution >= 0.6 is 35.4 Å². The van der Waals surface area contributed by atoms with Crippen LogP contribution in [0.2, 0.25) is 10.0 Å². The van der Waals surface area contributed by atoms with Crippen LogP contribution in [0, 0.1) is 0 Å². The summed E-state index contributed by atoms with van der Waals surface area (Å²) < 4.78 is 10.1. The summed E-state index contributed by atoms with van der Waals surface area (Å²) in [7, 11) is 1.25. The quantitative estimate of drug-likeness (QED) is 0.240. The van der Waals surface area contributed by atoms with Gasteiger partial charge in [-0.05, 0) is 55.0 Å². The smallest absolute Gasteiger partial charge is 0.337 e. The van der Waals surface area contributed by atoms with Crippen LogP contribution in [0.4, 0.5) is 0 Å². The van der Waals surface area contributed by atoms with Crippen LogP contribution in [0.3, 0.4) is 0 Å². The number of thiocarbonyl (C=S) groups is 1. The Kier molecular flexibility index (Phi) is 9.51. The molecular formula is C20H19Cl2N3O5S. The zero-order valence-corrected chi connectivity index (χ0v) is 18.7. The molecule has 2 rings (SSSR count). The number of esters is 1. The van der Waals surface area contributed by atoms with Gasteiger partial charge in [-0.15, -0.1) is 0 Å². The molecule has 0 saturated carbocycles. The highest BCUT2D eigenvalue weighted by Gasteiger charge is 2.12. The van der Waals surface area contributed by atoms with Gasteiger partial charge in [0.15, 0.2) is 5.11 Å². The zero-order valence-electron chi connectivity index (χ0n) is 16.4. The Bertz CT molecular complexity index is 987. The van der Waals surface area contributed by atoms with Crippen LogP contribution < -0.4 is 20.9 Å². The van der Waals surface area contributed by atoms with E-state index in [1.807, 2.05) is 0 Å². The minimum absolute atomic E-state index is 0.106. The van der Waals surface area contributed by atoms with Crippen molar-refractivity contribution in [3.8, 4) is 5.75 Å². The largest absolute Gasteiger partial charge is 0.492 e. The monoisotopic (exact) mass is 483 g/mol.